The van der Waals surface area contributed by atoms with Crippen LogP contribution in [-0.2, 0) is 6.54 Å². The van der Waals surface area contributed by atoms with Gasteiger partial charge < -0.3 is 10.3 Å². The SMILES string of the molecule is CCN(Cc1c[nH]c2ccc(Br)cc12)CC1CCNCC1. The van der Waals surface area contributed by atoms with Crippen molar-refractivity contribution in [3.63, 3.8) is 0 Å². The van der Waals surface area contributed by atoms with E-state index >= 15 is 0 Å². The predicted octanol–water partition coefficient (Wildman–Crippen LogP) is 3.75. The highest BCUT2D eigenvalue weighted by Crippen LogP contribution is 2.24. The molecule has 0 amide bonds. The molecule has 1 aromatic heterocycles. The number of aromatic amines is 1. The smallest absolute Gasteiger partial charge is 0.0458 e. The Morgan fingerprint density at radius 1 is 1.29 bits per heavy atom. The maximum absolute atomic E-state index is 3.58. The van der Waals surface area contributed by atoms with Crippen LogP contribution in [-0.4, -0.2) is 36.1 Å². The van der Waals surface area contributed by atoms with Crippen molar-refractivity contribution in [3.8, 4) is 0 Å². The van der Waals surface area contributed by atoms with Gasteiger partial charge in [-0.25, -0.2) is 0 Å². The molecule has 1 aliphatic rings. The molecule has 0 unspecified atom stereocenters. The summed E-state index contributed by atoms with van der Waals surface area (Å²) in [5, 5.41) is 4.79. The summed E-state index contributed by atoms with van der Waals surface area (Å²) in [6.45, 7) is 8.01. The maximum Gasteiger partial charge on any atom is 0.0458 e. The van der Waals surface area contributed by atoms with Gasteiger partial charge in [0, 0.05) is 34.7 Å². The maximum atomic E-state index is 3.58. The van der Waals surface area contributed by atoms with E-state index in [1.165, 1.54) is 48.9 Å². The topological polar surface area (TPSA) is 31.1 Å². The average molecular weight is 350 g/mol. The van der Waals surface area contributed by atoms with Crippen LogP contribution >= 0.6 is 15.9 Å². The van der Waals surface area contributed by atoms with Crippen molar-refractivity contribution in [3.05, 3.63) is 34.4 Å². The number of nitrogens with zero attached hydrogens (tertiary/aromatic N) is 1. The van der Waals surface area contributed by atoms with Gasteiger partial charge in [0.1, 0.15) is 0 Å². The molecule has 0 spiro atoms. The number of aromatic nitrogens is 1. The third kappa shape index (κ3) is 3.68. The molecular formula is C17H24BrN3. The van der Waals surface area contributed by atoms with Gasteiger partial charge in [-0.1, -0.05) is 22.9 Å². The highest BCUT2D eigenvalue weighted by molar-refractivity contribution is 9.10. The van der Waals surface area contributed by atoms with Crippen molar-refractivity contribution in [2.24, 2.45) is 5.92 Å². The second kappa shape index (κ2) is 6.95. The monoisotopic (exact) mass is 349 g/mol. The molecule has 2 heterocycles. The molecule has 0 aliphatic carbocycles. The highest BCUT2D eigenvalue weighted by atomic mass is 79.9. The highest BCUT2D eigenvalue weighted by Gasteiger charge is 2.17. The first-order chi connectivity index (χ1) is 10.3. The summed E-state index contributed by atoms with van der Waals surface area (Å²) >= 11 is 3.58. The fourth-order valence-corrected chi connectivity index (χ4v) is 3.62. The molecule has 1 saturated heterocycles. The van der Waals surface area contributed by atoms with Gasteiger partial charge in [-0.15, -0.1) is 0 Å². The summed E-state index contributed by atoms with van der Waals surface area (Å²) in [7, 11) is 0. The Morgan fingerprint density at radius 3 is 2.86 bits per heavy atom. The van der Waals surface area contributed by atoms with Crippen LogP contribution < -0.4 is 5.32 Å². The van der Waals surface area contributed by atoms with Crippen molar-refractivity contribution >= 4 is 26.8 Å². The number of rotatable bonds is 5. The van der Waals surface area contributed by atoms with E-state index < -0.39 is 0 Å². The average Bonchev–Trinajstić information content (AvgIpc) is 2.90. The van der Waals surface area contributed by atoms with Crippen LogP contribution in [0.1, 0.15) is 25.3 Å². The molecule has 0 bridgehead atoms. The van der Waals surface area contributed by atoms with Gasteiger partial charge in [0.2, 0.25) is 0 Å². The lowest BCUT2D eigenvalue weighted by Gasteiger charge is -2.29. The molecule has 21 heavy (non-hydrogen) atoms. The predicted molar refractivity (Wildman–Crippen MR) is 92.5 cm³/mol. The summed E-state index contributed by atoms with van der Waals surface area (Å²) in [4.78, 5) is 5.97. The van der Waals surface area contributed by atoms with E-state index in [4.69, 9.17) is 0 Å². The summed E-state index contributed by atoms with van der Waals surface area (Å²) < 4.78 is 1.15. The van der Waals surface area contributed by atoms with Crippen LogP contribution in [0.2, 0.25) is 0 Å². The van der Waals surface area contributed by atoms with E-state index in [0.29, 0.717) is 0 Å². The molecule has 3 nitrogen and oxygen atoms in total. The first-order valence-corrected chi connectivity index (χ1v) is 8.74. The Kier molecular flexibility index (Phi) is 4.99. The molecule has 3 rings (SSSR count). The lowest BCUT2D eigenvalue weighted by molar-refractivity contribution is 0.207. The number of benzene rings is 1. The van der Waals surface area contributed by atoms with E-state index in [-0.39, 0.29) is 0 Å². The molecular weight excluding hydrogens is 326 g/mol. The third-order valence-electron chi connectivity index (χ3n) is 4.55. The number of H-pyrrole nitrogens is 1. The summed E-state index contributed by atoms with van der Waals surface area (Å²) in [6, 6.07) is 6.46. The lowest BCUT2D eigenvalue weighted by Crippen LogP contribution is -2.35. The third-order valence-corrected chi connectivity index (χ3v) is 5.04. The number of hydrogen-bond donors (Lipinski definition) is 2. The van der Waals surface area contributed by atoms with Gasteiger partial charge in [-0.2, -0.15) is 0 Å². The molecule has 114 valence electrons. The molecule has 0 radical (unpaired) electrons. The summed E-state index contributed by atoms with van der Waals surface area (Å²) in [6.07, 6.45) is 4.80. The largest absolute Gasteiger partial charge is 0.361 e. The molecule has 1 aromatic carbocycles. The molecule has 1 aliphatic heterocycles. The second-order valence-electron chi connectivity index (χ2n) is 6.02. The van der Waals surface area contributed by atoms with E-state index in [1.54, 1.807) is 0 Å². The fraction of sp³-hybridized carbons (Fsp3) is 0.529. The quantitative estimate of drug-likeness (QED) is 0.861. The standard InChI is InChI=1S/C17H24BrN3/c1-2-21(11-13-5-7-19-8-6-13)12-14-10-20-17-4-3-15(18)9-16(14)17/h3-4,9-10,13,19-20H,2,5-8,11-12H2,1H3. The normalized spacial score (nSPS) is 16.9. The Morgan fingerprint density at radius 2 is 2.10 bits per heavy atom. The number of hydrogen-bond acceptors (Lipinski definition) is 2. The summed E-state index contributed by atoms with van der Waals surface area (Å²) in [5.74, 6) is 0.850. The lowest BCUT2D eigenvalue weighted by atomic mass is 9.97. The zero-order valence-electron chi connectivity index (χ0n) is 12.7. The molecule has 0 saturated carbocycles. The summed E-state index contributed by atoms with van der Waals surface area (Å²) in [5.41, 5.74) is 2.63. The van der Waals surface area contributed by atoms with Gasteiger partial charge in [0.25, 0.3) is 0 Å². The Labute approximate surface area is 135 Å². The molecule has 0 atom stereocenters. The molecule has 1 fully saturated rings. The Bertz CT molecular complexity index is 587. The number of halogens is 1. The molecule has 2 N–H and O–H groups in total. The number of fused-ring (bicyclic) bond motifs is 1. The minimum atomic E-state index is 0.850. The zero-order chi connectivity index (χ0) is 14.7. The minimum Gasteiger partial charge on any atom is -0.361 e. The number of nitrogens with one attached hydrogen (secondary N) is 2. The van der Waals surface area contributed by atoms with Gasteiger partial charge in [0.05, 0.1) is 0 Å². The van der Waals surface area contributed by atoms with Crippen LogP contribution in [0.4, 0.5) is 0 Å². The molecule has 4 heteroatoms. The first-order valence-electron chi connectivity index (χ1n) is 7.95. The van der Waals surface area contributed by atoms with Gasteiger partial charge in [-0.05, 0) is 62.2 Å². The zero-order valence-corrected chi connectivity index (χ0v) is 14.2. The van der Waals surface area contributed by atoms with E-state index in [2.05, 4.69) is 62.5 Å². The fourth-order valence-electron chi connectivity index (χ4n) is 3.26. The van der Waals surface area contributed by atoms with Crippen molar-refractivity contribution in [1.82, 2.24) is 15.2 Å². The Hall–Kier alpha value is -0.840. The van der Waals surface area contributed by atoms with E-state index in [9.17, 15) is 0 Å². The van der Waals surface area contributed by atoms with Crippen LogP contribution in [0.25, 0.3) is 10.9 Å². The van der Waals surface area contributed by atoms with Crippen molar-refractivity contribution in [1.29, 1.82) is 0 Å². The second-order valence-corrected chi connectivity index (χ2v) is 6.94. The Balaban J connectivity index is 1.71. The van der Waals surface area contributed by atoms with Crippen molar-refractivity contribution < 1.29 is 0 Å². The molecule has 2 aromatic rings. The van der Waals surface area contributed by atoms with E-state index in [1.807, 2.05) is 0 Å². The van der Waals surface area contributed by atoms with Crippen molar-refractivity contribution in [2.45, 2.75) is 26.3 Å². The number of piperidine rings is 1. The van der Waals surface area contributed by atoms with Crippen LogP contribution in [0.5, 0.6) is 0 Å². The van der Waals surface area contributed by atoms with Crippen molar-refractivity contribution in [2.75, 3.05) is 26.2 Å². The van der Waals surface area contributed by atoms with Crippen LogP contribution in [0.15, 0.2) is 28.9 Å². The van der Waals surface area contributed by atoms with E-state index in [0.717, 1.165) is 23.5 Å². The minimum absolute atomic E-state index is 0.850. The van der Waals surface area contributed by atoms with Gasteiger partial charge in [0.15, 0.2) is 0 Å². The van der Waals surface area contributed by atoms with Gasteiger partial charge in [-0.3, -0.25) is 4.90 Å². The van der Waals surface area contributed by atoms with Crippen LogP contribution in [0, 0.1) is 5.92 Å². The first kappa shape index (κ1) is 15.1. The van der Waals surface area contributed by atoms with Crippen LogP contribution in [0.3, 0.4) is 0 Å². The van der Waals surface area contributed by atoms with Gasteiger partial charge >= 0.3 is 0 Å².